The smallest absolute Gasteiger partial charge is 0.304 e. The van der Waals surface area contributed by atoms with Crippen molar-refractivity contribution in [1.29, 1.82) is 0 Å². The summed E-state index contributed by atoms with van der Waals surface area (Å²) >= 11 is 1.08. The molecule has 1 aliphatic heterocycles. The fourth-order valence-corrected chi connectivity index (χ4v) is 3.98. The van der Waals surface area contributed by atoms with Crippen LogP contribution in [0.2, 0.25) is 0 Å². The fraction of sp³-hybridized carbons (Fsp3) is 0.643. The largest absolute Gasteiger partial charge is 0.340 e. The van der Waals surface area contributed by atoms with Gasteiger partial charge in [0, 0.05) is 11.1 Å². The van der Waals surface area contributed by atoms with Crippen LogP contribution >= 0.6 is 11.3 Å². The lowest BCUT2D eigenvalue weighted by molar-refractivity contribution is -0.155. The highest BCUT2D eigenvalue weighted by Gasteiger charge is 2.51. The maximum Gasteiger partial charge on any atom is 0.304 e. The van der Waals surface area contributed by atoms with E-state index in [1.165, 1.54) is 0 Å². The molecule has 1 aromatic heterocycles. The van der Waals surface area contributed by atoms with E-state index < -0.39 is 11.6 Å². The van der Waals surface area contributed by atoms with Crippen molar-refractivity contribution in [3.8, 4) is 0 Å². The summed E-state index contributed by atoms with van der Waals surface area (Å²) < 4.78 is 0. The topological polar surface area (TPSA) is 82.3 Å². The van der Waals surface area contributed by atoms with Gasteiger partial charge in [-0.1, -0.05) is 31.1 Å². The third kappa shape index (κ3) is 2.39. The lowest BCUT2D eigenvalue weighted by Crippen LogP contribution is -2.69. The molecule has 1 spiro atoms. The minimum absolute atomic E-state index is 0.00139. The second-order valence-corrected chi connectivity index (χ2v) is 6.65. The number of hydrogen-bond acceptors (Lipinski definition) is 4. The number of aromatic amines is 1. The zero-order valence-electron chi connectivity index (χ0n) is 12.0. The Balaban J connectivity index is 1.91. The molecule has 1 unspecified atom stereocenters. The van der Waals surface area contributed by atoms with E-state index in [2.05, 4.69) is 10.3 Å². The van der Waals surface area contributed by atoms with Crippen LogP contribution in [0.3, 0.4) is 0 Å². The summed E-state index contributed by atoms with van der Waals surface area (Å²) in [5.74, 6) is -0.0740. The van der Waals surface area contributed by atoms with Crippen molar-refractivity contribution in [3.63, 3.8) is 0 Å². The minimum atomic E-state index is -0.709. The van der Waals surface area contributed by atoms with Crippen molar-refractivity contribution in [2.75, 3.05) is 0 Å². The molecule has 1 saturated heterocycles. The van der Waals surface area contributed by atoms with Gasteiger partial charge in [0.25, 0.3) is 0 Å². The van der Waals surface area contributed by atoms with Crippen LogP contribution in [0.25, 0.3) is 0 Å². The van der Waals surface area contributed by atoms with Gasteiger partial charge in [0.05, 0.1) is 6.54 Å². The number of piperazine rings is 1. The Bertz CT molecular complexity index is 615. The van der Waals surface area contributed by atoms with Crippen molar-refractivity contribution in [3.05, 3.63) is 20.7 Å². The summed E-state index contributed by atoms with van der Waals surface area (Å²) in [5, 5.41) is 4.68. The zero-order chi connectivity index (χ0) is 15.0. The van der Waals surface area contributed by atoms with Crippen LogP contribution in [0.4, 0.5) is 0 Å². The Kier molecular flexibility index (Phi) is 3.61. The molecule has 0 aromatic carbocycles. The molecule has 0 bridgehead atoms. The van der Waals surface area contributed by atoms with Crippen molar-refractivity contribution < 1.29 is 9.59 Å². The number of nitrogens with zero attached hydrogens (tertiary/aromatic N) is 1. The van der Waals surface area contributed by atoms with Gasteiger partial charge in [0.2, 0.25) is 11.8 Å². The lowest BCUT2D eigenvalue weighted by atomic mass is 9.90. The first-order valence-corrected chi connectivity index (χ1v) is 8.23. The van der Waals surface area contributed by atoms with E-state index in [-0.39, 0.29) is 16.7 Å². The van der Waals surface area contributed by atoms with Crippen LogP contribution in [0.15, 0.2) is 10.2 Å². The van der Waals surface area contributed by atoms with E-state index in [0.717, 1.165) is 24.2 Å². The standard InChI is InChI=1S/C14H19N3O3S/c1-2-10-11(18)16-14(5-3-4-6-14)12(19)17(10)7-9-8-21-13(20)15-9/h8,10H,2-7H2,1H3,(H,15,20)(H,16,18). The molecule has 0 radical (unpaired) electrons. The summed E-state index contributed by atoms with van der Waals surface area (Å²) in [6, 6.07) is -0.452. The Morgan fingerprint density at radius 1 is 1.33 bits per heavy atom. The molecule has 2 aliphatic rings. The van der Waals surface area contributed by atoms with Gasteiger partial charge in [-0.3, -0.25) is 14.4 Å². The van der Waals surface area contributed by atoms with Gasteiger partial charge in [-0.05, 0) is 19.3 Å². The first kappa shape index (κ1) is 14.3. The van der Waals surface area contributed by atoms with Gasteiger partial charge in [-0.15, -0.1) is 0 Å². The monoisotopic (exact) mass is 309 g/mol. The summed E-state index contributed by atoms with van der Waals surface area (Å²) in [7, 11) is 0. The summed E-state index contributed by atoms with van der Waals surface area (Å²) in [6.07, 6.45) is 3.93. The molecule has 1 saturated carbocycles. The molecule has 1 aliphatic carbocycles. The van der Waals surface area contributed by atoms with E-state index in [0.29, 0.717) is 31.5 Å². The van der Waals surface area contributed by atoms with E-state index >= 15 is 0 Å². The summed E-state index contributed by atoms with van der Waals surface area (Å²) in [5.41, 5.74) is -0.0151. The number of nitrogens with one attached hydrogen (secondary N) is 2. The average Bonchev–Trinajstić information content (AvgIpc) is 3.06. The number of hydrogen-bond donors (Lipinski definition) is 2. The maximum atomic E-state index is 12.9. The molecule has 6 nitrogen and oxygen atoms in total. The van der Waals surface area contributed by atoms with Gasteiger partial charge < -0.3 is 15.2 Å². The van der Waals surface area contributed by atoms with Crippen LogP contribution in [-0.4, -0.2) is 33.3 Å². The van der Waals surface area contributed by atoms with Gasteiger partial charge in [-0.2, -0.15) is 0 Å². The predicted octanol–water partition coefficient (Wildman–Crippen LogP) is 0.986. The molecule has 2 heterocycles. The lowest BCUT2D eigenvalue weighted by Gasteiger charge is -2.44. The number of carbonyl (C=O) groups is 2. The molecular formula is C14H19N3O3S. The van der Waals surface area contributed by atoms with E-state index in [4.69, 9.17) is 0 Å². The highest BCUT2D eigenvalue weighted by atomic mass is 32.1. The molecule has 2 fully saturated rings. The number of carbonyl (C=O) groups excluding carboxylic acids is 2. The molecule has 2 N–H and O–H groups in total. The van der Waals surface area contributed by atoms with Gasteiger partial charge in [0.15, 0.2) is 0 Å². The predicted molar refractivity (Wildman–Crippen MR) is 78.9 cm³/mol. The normalized spacial score (nSPS) is 24.6. The Morgan fingerprint density at radius 2 is 2.05 bits per heavy atom. The SMILES string of the molecule is CCC1C(=O)NC2(CCCC2)C(=O)N1Cc1csc(=O)[nH]1. The van der Waals surface area contributed by atoms with Gasteiger partial charge >= 0.3 is 4.87 Å². The average molecular weight is 309 g/mol. The van der Waals surface area contributed by atoms with Gasteiger partial charge in [0.1, 0.15) is 11.6 Å². The molecule has 2 amide bonds. The molecule has 21 heavy (non-hydrogen) atoms. The third-order valence-electron chi connectivity index (χ3n) is 4.47. The van der Waals surface area contributed by atoms with Gasteiger partial charge in [-0.25, -0.2) is 0 Å². The van der Waals surface area contributed by atoms with Crippen LogP contribution in [0.1, 0.15) is 44.7 Å². The Hall–Kier alpha value is -1.63. The second kappa shape index (κ2) is 5.29. The maximum absolute atomic E-state index is 12.9. The molecule has 1 aromatic rings. The highest BCUT2D eigenvalue weighted by Crippen LogP contribution is 2.35. The number of H-pyrrole nitrogens is 1. The first-order valence-electron chi connectivity index (χ1n) is 7.35. The fourth-order valence-electron chi connectivity index (χ4n) is 3.41. The Morgan fingerprint density at radius 3 is 2.62 bits per heavy atom. The number of amides is 2. The molecule has 1 atom stereocenters. The van der Waals surface area contributed by atoms with Crippen molar-refractivity contribution in [2.45, 2.75) is 57.2 Å². The number of thiazole rings is 1. The molecular weight excluding hydrogens is 290 g/mol. The Labute approximate surface area is 126 Å². The van der Waals surface area contributed by atoms with Crippen molar-refractivity contribution >= 4 is 23.2 Å². The zero-order valence-corrected chi connectivity index (χ0v) is 12.8. The quantitative estimate of drug-likeness (QED) is 0.873. The van der Waals surface area contributed by atoms with Crippen molar-refractivity contribution in [2.24, 2.45) is 0 Å². The van der Waals surface area contributed by atoms with Crippen LogP contribution in [0.5, 0.6) is 0 Å². The van der Waals surface area contributed by atoms with Crippen LogP contribution in [-0.2, 0) is 16.1 Å². The molecule has 7 heteroatoms. The molecule has 114 valence electrons. The minimum Gasteiger partial charge on any atom is -0.340 e. The number of aromatic nitrogens is 1. The first-order chi connectivity index (χ1) is 10.1. The highest BCUT2D eigenvalue weighted by molar-refractivity contribution is 7.07. The summed E-state index contributed by atoms with van der Waals surface area (Å²) in [4.78, 5) is 40.7. The van der Waals surface area contributed by atoms with E-state index in [1.807, 2.05) is 6.92 Å². The number of rotatable bonds is 3. The summed E-state index contributed by atoms with van der Waals surface area (Å²) in [6.45, 7) is 2.19. The third-order valence-corrected chi connectivity index (χ3v) is 5.19. The molecule has 3 rings (SSSR count). The van der Waals surface area contributed by atoms with E-state index in [9.17, 15) is 14.4 Å². The van der Waals surface area contributed by atoms with Crippen LogP contribution < -0.4 is 10.2 Å². The van der Waals surface area contributed by atoms with Crippen LogP contribution in [0, 0.1) is 0 Å². The van der Waals surface area contributed by atoms with E-state index in [1.54, 1.807) is 10.3 Å². The van der Waals surface area contributed by atoms with Crippen molar-refractivity contribution in [1.82, 2.24) is 15.2 Å². The second-order valence-electron chi connectivity index (χ2n) is 5.81.